The number of thiophene rings is 1. The number of Topliss-reactive ketones (excluding diaryl/α,β-unsaturated/α-hetero) is 1. The molecule has 1 aromatic rings. The monoisotopic (exact) mass is 216 g/mol. The van der Waals surface area contributed by atoms with Gasteiger partial charge in [0.1, 0.15) is 0 Å². The summed E-state index contributed by atoms with van der Waals surface area (Å²) < 4.78 is 0.622. The quantitative estimate of drug-likeness (QED) is 0.788. The van der Waals surface area contributed by atoms with E-state index in [4.69, 9.17) is 16.7 Å². The SMILES string of the molecule is O=C(c1ccc(Cl)s1)C1(CO)CC1. The summed E-state index contributed by atoms with van der Waals surface area (Å²) in [6.07, 6.45) is 1.61. The molecule has 70 valence electrons. The Labute approximate surface area is 85.1 Å². The van der Waals surface area contributed by atoms with Crippen molar-refractivity contribution in [3.8, 4) is 0 Å². The van der Waals surface area contributed by atoms with E-state index < -0.39 is 5.41 Å². The predicted molar refractivity (Wildman–Crippen MR) is 52.4 cm³/mol. The van der Waals surface area contributed by atoms with Crippen molar-refractivity contribution in [3.63, 3.8) is 0 Å². The predicted octanol–water partition coefficient (Wildman–Crippen LogP) is 2.36. The molecular weight excluding hydrogens is 208 g/mol. The lowest BCUT2D eigenvalue weighted by molar-refractivity contribution is 0.0834. The third-order valence-electron chi connectivity index (χ3n) is 2.43. The molecule has 0 unspecified atom stereocenters. The Kier molecular flexibility index (Phi) is 2.18. The minimum absolute atomic E-state index is 0.0403. The molecule has 1 heterocycles. The fraction of sp³-hybridized carbons (Fsp3) is 0.444. The number of hydrogen-bond acceptors (Lipinski definition) is 3. The van der Waals surface area contributed by atoms with Crippen molar-refractivity contribution in [1.82, 2.24) is 0 Å². The van der Waals surface area contributed by atoms with Gasteiger partial charge in [0.2, 0.25) is 0 Å². The standard InChI is InChI=1S/C9H9ClO2S/c10-7-2-1-6(13-7)8(12)9(5-11)3-4-9/h1-2,11H,3-5H2. The first kappa shape index (κ1) is 9.19. The summed E-state index contributed by atoms with van der Waals surface area (Å²) in [5, 5.41) is 9.05. The number of aliphatic hydroxyl groups excluding tert-OH is 1. The second kappa shape index (κ2) is 3.08. The number of rotatable bonds is 3. The van der Waals surface area contributed by atoms with E-state index in [0.717, 1.165) is 12.8 Å². The molecule has 1 aliphatic carbocycles. The zero-order valence-electron chi connectivity index (χ0n) is 6.92. The van der Waals surface area contributed by atoms with Crippen molar-refractivity contribution < 1.29 is 9.90 Å². The van der Waals surface area contributed by atoms with Gasteiger partial charge in [0.25, 0.3) is 0 Å². The van der Waals surface area contributed by atoms with Crippen LogP contribution in [-0.2, 0) is 0 Å². The van der Waals surface area contributed by atoms with Crippen LogP contribution in [0.4, 0.5) is 0 Å². The number of carbonyl (C=O) groups is 1. The van der Waals surface area contributed by atoms with E-state index in [-0.39, 0.29) is 12.4 Å². The van der Waals surface area contributed by atoms with Gasteiger partial charge in [0.05, 0.1) is 21.2 Å². The van der Waals surface area contributed by atoms with Crippen LogP contribution in [0.1, 0.15) is 22.5 Å². The zero-order valence-corrected chi connectivity index (χ0v) is 8.49. The minimum atomic E-state index is -0.464. The lowest BCUT2D eigenvalue weighted by atomic mass is 10.0. The molecule has 1 saturated carbocycles. The normalized spacial score (nSPS) is 18.6. The van der Waals surface area contributed by atoms with E-state index in [0.29, 0.717) is 9.21 Å². The molecule has 0 aromatic carbocycles. The molecule has 1 N–H and O–H groups in total. The fourth-order valence-corrected chi connectivity index (χ4v) is 2.41. The van der Waals surface area contributed by atoms with E-state index in [1.54, 1.807) is 12.1 Å². The van der Waals surface area contributed by atoms with Crippen molar-refractivity contribution in [2.45, 2.75) is 12.8 Å². The first-order valence-corrected chi connectivity index (χ1v) is 5.28. The molecule has 0 radical (unpaired) electrons. The zero-order chi connectivity index (χ0) is 9.47. The average molecular weight is 217 g/mol. The van der Waals surface area contributed by atoms with Gasteiger partial charge in [-0.2, -0.15) is 0 Å². The Hall–Kier alpha value is -0.380. The molecule has 13 heavy (non-hydrogen) atoms. The smallest absolute Gasteiger partial charge is 0.181 e. The highest BCUT2D eigenvalue weighted by atomic mass is 35.5. The number of aliphatic hydroxyl groups is 1. The molecule has 0 spiro atoms. The number of ketones is 1. The van der Waals surface area contributed by atoms with Crippen LogP contribution in [0.5, 0.6) is 0 Å². The van der Waals surface area contributed by atoms with Crippen LogP contribution in [0.2, 0.25) is 4.34 Å². The molecule has 0 saturated heterocycles. The van der Waals surface area contributed by atoms with Gasteiger partial charge in [-0.1, -0.05) is 11.6 Å². The van der Waals surface area contributed by atoms with Gasteiger partial charge in [-0.15, -0.1) is 11.3 Å². The van der Waals surface area contributed by atoms with Gasteiger partial charge in [-0.05, 0) is 25.0 Å². The lowest BCUT2D eigenvalue weighted by Crippen LogP contribution is -2.18. The van der Waals surface area contributed by atoms with Gasteiger partial charge in [-0.3, -0.25) is 4.79 Å². The summed E-state index contributed by atoms with van der Waals surface area (Å²) in [7, 11) is 0. The average Bonchev–Trinajstić information content (AvgIpc) is 2.82. The van der Waals surface area contributed by atoms with Crippen LogP contribution < -0.4 is 0 Å². The third kappa shape index (κ3) is 1.52. The number of halogens is 1. The molecule has 1 fully saturated rings. The Morgan fingerprint density at radius 2 is 2.31 bits per heavy atom. The summed E-state index contributed by atoms with van der Waals surface area (Å²) in [6.45, 7) is -0.0403. The summed E-state index contributed by atoms with van der Waals surface area (Å²) in [5.74, 6) is 0.0481. The van der Waals surface area contributed by atoms with Crippen molar-refractivity contribution in [1.29, 1.82) is 0 Å². The Morgan fingerprint density at radius 3 is 2.69 bits per heavy atom. The van der Waals surface area contributed by atoms with Crippen LogP contribution in [-0.4, -0.2) is 17.5 Å². The van der Waals surface area contributed by atoms with Crippen LogP contribution >= 0.6 is 22.9 Å². The highest BCUT2D eigenvalue weighted by molar-refractivity contribution is 7.18. The first-order chi connectivity index (χ1) is 6.18. The van der Waals surface area contributed by atoms with Crippen molar-refractivity contribution in [2.75, 3.05) is 6.61 Å². The summed E-state index contributed by atoms with van der Waals surface area (Å²) in [6, 6.07) is 3.44. The summed E-state index contributed by atoms with van der Waals surface area (Å²) in [5.41, 5.74) is -0.464. The maximum Gasteiger partial charge on any atom is 0.181 e. The second-order valence-electron chi connectivity index (χ2n) is 3.37. The van der Waals surface area contributed by atoms with Crippen molar-refractivity contribution in [3.05, 3.63) is 21.3 Å². The molecular formula is C9H9ClO2S. The molecule has 1 aliphatic rings. The van der Waals surface area contributed by atoms with Gasteiger partial charge in [-0.25, -0.2) is 0 Å². The van der Waals surface area contributed by atoms with Crippen LogP contribution in [0.25, 0.3) is 0 Å². The molecule has 0 amide bonds. The van der Waals surface area contributed by atoms with Gasteiger partial charge in [0, 0.05) is 0 Å². The van der Waals surface area contributed by atoms with Crippen LogP contribution in [0.3, 0.4) is 0 Å². The lowest BCUT2D eigenvalue weighted by Gasteiger charge is -2.07. The van der Waals surface area contributed by atoms with E-state index in [9.17, 15) is 4.79 Å². The van der Waals surface area contributed by atoms with Crippen molar-refractivity contribution >= 4 is 28.7 Å². The summed E-state index contributed by atoms with van der Waals surface area (Å²) in [4.78, 5) is 12.4. The fourth-order valence-electron chi connectivity index (χ4n) is 1.31. The van der Waals surface area contributed by atoms with E-state index >= 15 is 0 Å². The molecule has 2 rings (SSSR count). The first-order valence-electron chi connectivity index (χ1n) is 4.09. The summed E-state index contributed by atoms with van der Waals surface area (Å²) >= 11 is 7.00. The number of hydrogen-bond donors (Lipinski definition) is 1. The van der Waals surface area contributed by atoms with Gasteiger partial charge in [0.15, 0.2) is 5.78 Å². The molecule has 4 heteroatoms. The molecule has 0 aliphatic heterocycles. The van der Waals surface area contributed by atoms with E-state index in [1.165, 1.54) is 11.3 Å². The molecule has 1 aromatic heterocycles. The maximum absolute atomic E-state index is 11.8. The van der Waals surface area contributed by atoms with E-state index in [1.807, 2.05) is 0 Å². The highest BCUT2D eigenvalue weighted by Crippen LogP contribution is 2.48. The molecule has 2 nitrogen and oxygen atoms in total. The topological polar surface area (TPSA) is 37.3 Å². The molecule has 0 atom stereocenters. The van der Waals surface area contributed by atoms with Crippen LogP contribution in [0.15, 0.2) is 12.1 Å². The Balaban J connectivity index is 2.23. The Morgan fingerprint density at radius 1 is 1.62 bits per heavy atom. The second-order valence-corrected chi connectivity index (χ2v) is 5.09. The van der Waals surface area contributed by atoms with Gasteiger partial charge < -0.3 is 5.11 Å². The highest BCUT2D eigenvalue weighted by Gasteiger charge is 2.49. The Bertz CT molecular complexity index is 341. The third-order valence-corrected chi connectivity index (χ3v) is 3.66. The van der Waals surface area contributed by atoms with Gasteiger partial charge >= 0.3 is 0 Å². The van der Waals surface area contributed by atoms with Crippen molar-refractivity contribution in [2.24, 2.45) is 5.41 Å². The number of carbonyl (C=O) groups excluding carboxylic acids is 1. The maximum atomic E-state index is 11.8. The molecule has 0 bridgehead atoms. The van der Waals surface area contributed by atoms with Crippen LogP contribution in [0, 0.1) is 5.41 Å². The van der Waals surface area contributed by atoms with E-state index in [2.05, 4.69) is 0 Å². The minimum Gasteiger partial charge on any atom is -0.395 e. The largest absolute Gasteiger partial charge is 0.395 e.